The minimum atomic E-state index is -3.67. The van der Waals surface area contributed by atoms with Gasteiger partial charge >= 0.3 is 0 Å². The maximum Gasteiger partial charge on any atom is 0.264 e. The second kappa shape index (κ2) is 9.38. The van der Waals surface area contributed by atoms with Gasteiger partial charge in [0.25, 0.3) is 10.0 Å². The monoisotopic (exact) mass is 461 g/mol. The summed E-state index contributed by atoms with van der Waals surface area (Å²) < 4.78 is 51.7. The van der Waals surface area contributed by atoms with Crippen molar-refractivity contribution in [1.82, 2.24) is 9.21 Å². The highest BCUT2D eigenvalue weighted by atomic mass is 32.2. The van der Waals surface area contributed by atoms with Gasteiger partial charge in [-0.1, -0.05) is 6.07 Å². The van der Waals surface area contributed by atoms with Gasteiger partial charge in [-0.3, -0.25) is 9.21 Å². The van der Waals surface area contributed by atoms with Gasteiger partial charge in [-0.25, -0.2) is 12.8 Å². The molecule has 0 spiro atoms. The lowest BCUT2D eigenvalue weighted by molar-refractivity contribution is 0.249. The summed E-state index contributed by atoms with van der Waals surface area (Å²) in [6, 6.07) is 11.6. The molecule has 2 aliphatic rings. The number of piperazine rings is 1. The van der Waals surface area contributed by atoms with Crippen LogP contribution >= 0.6 is 0 Å². The van der Waals surface area contributed by atoms with Crippen LogP contribution in [0.25, 0.3) is 5.76 Å². The van der Waals surface area contributed by atoms with Crippen molar-refractivity contribution in [3.8, 4) is 5.75 Å². The first-order valence-electron chi connectivity index (χ1n) is 10.6. The molecule has 32 heavy (non-hydrogen) atoms. The van der Waals surface area contributed by atoms with Crippen LogP contribution in [0.15, 0.2) is 53.6 Å². The zero-order valence-corrected chi connectivity index (χ0v) is 19.1. The van der Waals surface area contributed by atoms with E-state index in [1.165, 1.54) is 30.7 Å². The van der Waals surface area contributed by atoms with Crippen LogP contribution < -0.4 is 9.64 Å². The Morgan fingerprint density at radius 3 is 2.31 bits per heavy atom. The summed E-state index contributed by atoms with van der Waals surface area (Å²) in [7, 11) is -0.632. The average Bonchev–Trinajstić information content (AvgIpc) is 2.81. The Hall–Kier alpha value is -2.78. The summed E-state index contributed by atoms with van der Waals surface area (Å²) in [5.41, 5.74) is 1.49. The Morgan fingerprint density at radius 1 is 0.938 bits per heavy atom. The SMILES string of the molecule is COC1=CN(CCCN2CCN(c3ccc(F)cc3)CC2)S(=O)(=O)c2cccc(OC)c21. The van der Waals surface area contributed by atoms with Crippen LogP contribution in [0.4, 0.5) is 10.1 Å². The Morgan fingerprint density at radius 2 is 1.66 bits per heavy atom. The molecule has 7 nitrogen and oxygen atoms in total. The molecule has 0 radical (unpaired) electrons. The van der Waals surface area contributed by atoms with E-state index in [2.05, 4.69) is 9.80 Å². The molecule has 2 aliphatic heterocycles. The quantitative estimate of drug-likeness (QED) is 0.632. The summed E-state index contributed by atoms with van der Waals surface area (Å²) in [6.07, 6.45) is 2.25. The first-order chi connectivity index (χ1) is 15.4. The highest BCUT2D eigenvalue weighted by Crippen LogP contribution is 2.38. The van der Waals surface area contributed by atoms with Gasteiger partial charge in [-0.15, -0.1) is 0 Å². The molecule has 0 unspecified atom stereocenters. The first-order valence-corrected chi connectivity index (χ1v) is 12.1. The van der Waals surface area contributed by atoms with Gasteiger partial charge in [-0.05, 0) is 42.8 Å². The van der Waals surface area contributed by atoms with E-state index in [1.807, 2.05) is 0 Å². The lowest BCUT2D eigenvalue weighted by atomic mass is 10.1. The van der Waals surface area contributed by atoms with Gasteiger partial charge in [0.05, 0.1) is 26.0 Å². The largest absolute Gasteiger partial charge is 0.496 e. The van der Waals surface area contributed by atoms with Gasteiger partial charge in [0.15, 0.2) is 0 Å². The number of ether oxygens (including phenoxy) is 2. The van der Waals surface area contributed by atoms with Crippen molar-refractivity contribution in [3.05, 3.63) is 60.0 Å². The molecule has 0 N–H and O–H groups in total. The number of rotatable bonds is 7. The van der Waals surface area contributed by atoms with Crippen LogP contribution in [-0.4, -0.2) is 71.1 Å². The Bertz CT molecular complexity index is 1080. The smallest absolute Gasteiger partial charge is 0.264 e. The van der Waals surface area contributed by atoms with E-state index in [9.17, 15) is 12.8 Å². The summed E-state index contributed by atoms with van der Waals surface area (Å²) in [6.45, 7) is 4.63. The van der Waals surface area contributed by atoms with Gasteiger partial charge < -0.3 is 14.4 Å². The number of benzene rings is 2. The summed E-state index contributed by atoms with van der Waals surface area (Å²) in [5.74, 6) is 0.713. The van der Waals surface area contributed by atoms with E-state index in [4.69, 9.17) is 9.47 Å². The minimum Gasteiger partial charge on any atom is -0.496 e. The Balaban J connectivity index is 1.36. The van der Waals surface area contributed by atoms with Crippen molar-refractivity contribution >= 4 is 21.5 Å². The molecular weight excluding hydrogens is 433 g/mol. The first kappa shape index (κ1) is 22.4. The van der Waals surface area contributed by atoms with Crippen molar-refractivity contribution in [1.29, 1.82) is 0 Å². The van der Waals surface area contributed by atoms with Crippen LogP contribution in [0.1, 0.15) is 12.0 Å². The molecular formula is C23H28FN3O4S. The highest BCUT2D eigenvalue weighted by Gasteiger charge is 2.34. The van der Waals surface area contributed by atoms with Crippen molar-refractivity contribution < 1.29 is 22.3 Å². The lowest BCUT2D eigenvalue weighted by Gasteiger charge is -2.36. The molecule has 0 atom stereocenters. The second-order valence-corrected chi connectivity index (χ2v) is 9.66. The number of anilines is 1. The van der Waals surface area contributed by atoms with Crippen molar-refractivity contribution in [2.24, 2.45) is 0 Å². The number of halogens is 1. The summed E-state index contributed by atoms with van der Waals surface area (Å²) in [4.78, 5) is 4.77. The standard InChI is InChI=1S/C23H28FN3O4S/c1-30-20-5-3-6-22-23(20)21(31-2)17-27(32(22,28)29)12-4-11-25-13-15-26(16-14-25)19-9-7-18(24)8-10-19/h3,5-10,17H,4,11-16H2,1-2H3. The maximum absolute atomic E-state index is 13.2. The van der Waals surface area contributed by atoms with Crippen molar-refractivity contribution in [2.45, 2.75) is 11.3 Å². The zero-order valence-electron chi connectivity index (χ0n) is 18.3. The molecule has 172 valence electrons. The molecule has 2 aromatic rings. The molecule has 1 saturated heterocycles. The molecule has 0 aliphatic carbocycles. The van der Waals surface area contributed by atoms with Gasteiger partial charge in [0, 0.05) is 45.0 Å². The third kappa shape index (κ3) is 4.40. The number of hydrogen-bond donors (Lipinski definition) is 0. The fourth-order valence-corrected chi connectivity index (χ4v) is 5.77. The molecule has 0 aromatic heterocycles. The van der Waals surface area contributed by atoms with E-state index in [1.54, 1.807) is 36.5 Å². The lowest BCUT2D eigenvalue weighted by Crippen LogP contribution is -2.47. The van der Waals surface area contributed by atoms with Crippen molar-refractivity contribution in [3.63, 3.8) is 0 Å². The highest BCUT2D eigenvalue weighted by molar-refractivity contribution is 7.89. The van der Waals surface area contributed by atoms with E-state index in [0.717, 1.165) is 38.4 Å². The molecule has 2 aromatic carbocycles. The molecule has 4 rings (SSSR count). The molecule has 0 amide bonds. The number of nitrogens with zero attached hydrogens (tertiary/aromatic N) is 3. The normalized spacial score (nSPS) is 18.2. The van der Waals surface area contributed by atoms with Gasteiger partial charge in [-0.2, -0.15) is 0 Å². The molecule has 0 bridgehead atoms. The molecule has 2 heterocycles. The van der Waals surface area contributed by atoms with E-state index in [-0.39, 0.29) is 10.7 Å². The van der Waals surface area contributed by atoms with Crippen LogP contribution in [0, 0.1) is 5.82 Å². The third-order valence-corrected chi connectivity index (χ3v) is 7.74. The fraction of sp³-hybridized carbons (Fsp3) is 0.391. The van der Waals surface area contributed by atoms with Gasteiger partial charge in [0.1, 0.15) is 22.2 Å². The van der Waals surface area contributed by atoms with E-state index < -0.39 is 10.0 Å². The summed E-state index contributed by atoms with van der Waals surface area (Å²) in [5, 5.41) is 0. The van der Waals surface area contributed by atoms with Crippen LogP contribution in [0.3, 0.4) is 0 Å². The minimum absolute atomic E-state index is 0.198. The van der Waals surface area contributed by atoms with E-state index >= 15 is 0 Å². The fourth-order valence-electron chi connectivity index (χ4n) is 4.20. The Kier molecular flexibility index (Phi) is 6.57. The number of methoxy groups -OCH3 is 2. The number of fused-ring (bicyclic) bond motifs is 1. The molecule has 9 heteroatoms. The number of hydrogen-bond acceptors (Lipinski definition) is 6. The molecule has 1 fully saturated rings. The maximum atomic E-state index is 13.2. The van der Waals surface area contributed by atoms with Gasteiger partial charge in [0.2, 0.25) is 0 Å². The predicted octanol–water partition coefficient (Wildman–Crippen LogP) is 3.00. The third-order valence-electron chi connectivity index (χ3n) is 5.94. The Labute approximate surface area is 188 Å². The van der Waals surface area contributed by atoms with Crippen LogP contribution in [-0.2, 0) is 14.8 Å². The van der Waals surface area contributed by atoms with Crippen LogP contribution in [0.2, 0.25) is 0 Å². The molecule has 0 saturated carbocycles. The number of sulfonamides is 1. The van der Waals surface area contributed by atoms with Crippen LogP contribution in [0.5, 0.6) is 5.75 Å². The average molecular weight is 462 g/mol. The predicted molar refractivity (Wildman–Crippen MR) is 122 cm³/mol. The van der Waals surface area contributed by atoms with E-state index in [0.29, 0.717) is 30.0 Å². The summed E-state index contributed by atoms with van der Waals surface area (Å²) >= 11 is 0. The second-order valence-electron chi connectivity index (χ2n) is 7.81. The zero-order chi connectivity index (χ0) is 22.7. The topological polar surface area (TPSA) is 62.3 Å². The van der Waals surface area contributed by atoms with Crippen molar-refractivity contribution in [2.75, 3.05) is 58.4 Å².